The van der Waals surface area contributed by atoms with Crippen LogP contribution in [0.5, 0.6) is 5.75 Å². The Balaban J connectivity index is 1.95. The molecule has 0 aliphatic rings. The molecule has 5 heteroatoms. The molecule has 2 rings (SSSR count). The second kappa shape index (κ2) is 7.22. The summed E-state index contributed by atoms with van der Waals surface area (Å²) in [4.78, 5) is 11.8. The number of halogens is 2. The standard InChI is InChI=1S/C18H19F2NO2/c1-11(2)15-6-5-14(8-12(15)3)23-10-18(22)21-17-7-4-13(19)9-16(17)20/h4-9,11H,10H2,1-3H3,(H,21,22). The second-order valence-corrected chi connectivity index (χ2v) is 5.63. The molecule has 0 saturated heterocycles. The number of amides is 1. The fourth-order valence-electron chi connectivity index (χ4n) is 2.31. The number of hydrogen-bond acceptors (Lipinski definition) is 2. The number of carbonyl (C=O) groups is 1. The van der Waals surface area contributed by atoms with Gasteiger partial charge in [-0.3, -0.25) is 4.79 Å². The van der Waals surface area contributed by atoms with Gasteiger partial charge in [-0.2, -0.15) is 0 Å². The fourth-order valence-corrected chi connectivity index (χ4v) is 2.31. The molecule has 0 fully saturated rings. The summed E-state index contributed by atoms with van der Waals surface area (Å²) < 4.78 is 31.7. The zero-order chi connectivity index (χ0) is 17.0. The van der Waals surface area contributed by atoms with Crippen molar-refractivity contribution in [1.82, 2.24) is 0 Å². The van der Waals surface area contributed by atoms with Gasteiger partial charge in [-0.25, -0.2) is 8.78 Å². The van der Waals surface area contributed by atoms with E-state index in [-0.39, 0.29) is 12.3 Å². The van der Waals surface area contributed by atoms with E-state index in [1.165, 1.54) is 11.6 Å². The molecule has 0 saturated carbocycles. The van der Waals surface area contributed by atoms with E-state index in [1.54, 1.807) is 6.07 Å². The topological polar surface area (TPSA) is 38.3 Å². The maximum atomic E-state index is 13.5. The first-order valence-corrected chi connectivity index (χ1v) is 7.35. The van der Waals surface area contributed by atoms with Crippen molar-refractivity contribution in [3.05, 3.63) is 59.2 Å². The summed E-state index contributed by atoms with van der Waals surface area (Å²) in [5.41, 5.74) is 2.23. The molecule has 0 aliphatic carbocycles. The SMILES string of the molecule is Cc1cc(OCC(=O)Nc2ccc(F)cc2F)ccc1C(C)C. The van der Waals surface area contributed by atoms with Crippen molar-refractivity contribution in [2.45, 2.75) is 26.7 Å². The summed E-state index contributed by atoms with van der Waals surface area (Å²) in [5, 5.41) is 2.35. The van der Waals surface area contributed by atoms with Crippen molar-refractivity contribution in [3.8, 4) is 5.75 Å². The molecule has 0 atom stereocenters. The number of rotatable bonds is 5. The maximum absolute atomic E-state index is 13.5. The average Bonchev–Trinajstić information content (AvgIpc) is 2.48. The second-order valence-electron chi connectivity index (χ2n) is 5.63. The molecule has 0 aliphatic heterocycles. The first-order chi connectivity index (χ1) is 10.9. The molecule has 0 spiro atoms. The minimum atomic E-state index is -0.824. The van der Waals surface area contributed by atoms with Gasteiger partial charge in [0.25, 0.3) is 5.91 Å². The minimum absolute atomic E-state index is 0.0775. The number of hydrogen-bond donors (Lipinski definition) is 1. The molecule has 0 heterocycles. The van der Waals surface area contributed by atoms with Crippen LogP contribution in [0.4, 0.5) is 14.5 Å². The van der Waals surface area contributed by atoms with Gasteiger partial charge >= 0.3 is 0 Å². The average molecular weight is 319 g/mol. The Morgan fingerprint density at radius 2 is 1.91 bits per heavy atom. The lowest BCUT2D eigenvalue weighted by molar-refractivity contribution is -0.118. The lowest BCUT2D eigenvalue weighted by Crippen LogP contribution is -2.20. The summed E-state index contributed by atoms with van der Waals surface area (Å²) in [6.45, 7) is 5.94. The number of ether oxygens (including phenoxy) is 1. The molecule has 2 aromatic carbocycles. The fraction of sp³-hybridized carbons (Fsp3) is 0.278. The van der Waals surface area contributed by atoms with Crippen LogP contribution in [-0.2, 0) is 4.79 Å². The van der Waals surface area contributed by atoms with Crippen LogP contribution in [0.3, 0.4) is 0 Å². The number of nitrogens with one attached hydrogen (secondary N) is 1. The Labute approximate surface area is 134 Å². The van der Waals surface area contributed by atoms with E-state index in [0.29, 0.717) is 17.7 Å². The number of benzene rings is 2. The lowest BCUT2D eigenvalue weighted by Gasteiger charge is -2.12. The highest BCUT2D eigenvalue weighted by molar-refractivity contribution is 5.91. The monoisotopic (exact) mass is 319 g/mol. The molecule has 0 bridgehead atoms. The van der Waals surface area contributed by atoms with E-state index in [1.807, 2.05) is 19.1 Å². The van der Waals surface area contributed by atoms with Gasteiger partial charge in [0.2, 0.25) is 0 Å². The lowest BCUT2D eigenvalue weighted by atomic mass is 9.98. The van der Waals surface area contributed by atoms with E-state index < -0.39 is 17.5 Å². The van der Waals surface area contributed by atoms with Crippen molar-refractivity contribution in [2.24, 2.45) is 0 Å². The largest absolute Gasteiger partial charge is 0.484 e. The number of aryl methyl sites for hydroxylation is 1. The Morgan fingerprint density at radius 3 is 2.52 bits per heavy atom. The summed E-state index contributed by atoms with van der Waals surface area (Å²) in [6, 6.07) is 8.59. The highest BCUT2D eigenvalue weighted by Gasteiger charge is 2.10. The molecule has 122 valence electrons. The molecule has 2 aromatic rings. The highest BCUT2D eigenvalue weighted by atomic mass is 19.1. The summed E-state index contributed by atoms with van der Waals surface area (Å²) >= 11 is 0. The first-order valence-electron chi connectivity index (χ1n) is 7.35. The van der Waals surface area contributed by atoms with E-state index in [4.69, 9.17) is 4.74 Å². The molecule has 0 radical (unpaired) electrons. The zero-order valence-corrected chi connectivity index (χ0v) is 13.3. The van der Waals surface area contributed by atoms with Gasteiger partial charge in [0.05, 0.1) is 5.69 Å². The molecular weight excluding hydrogens is 300 g/mol. The van der Waals surface area contributed by atoms with E-state index >= 15 is 0 Å². The first kappa shape index (κ1) is 16.9. The number of carbonyl (C=O) groups excluding carboxylic acids is 1. The van der Waals surface area contributed by atoms with Gasteiger partial charge < -0.3 is 10.1 Å². The Hall–Kier alpha value is -2.43. The van der Waals surface area contributed by atoms with Crippen LogP contribution < -0.4 is 10.1 Å². The van der Waals surface area contributed by atoms with Crippen LogP contribution in [-0.4, -0.2) is 12.5 Å². The minimum Gasteiger partial charge on any atom is -0.484 e. The smallest absolute Gasteiger partial charge is 0.262 e. The number of anilines is 1. The molecule has 3 nitrogen and oxygen atoms in total. The van der Waals surface area contributed by atoms with Crippen molar-refractivity contribution in [1.29, 1.82) is 0 Å². The van der Waals surface area contributed by atoms with Crippen molar-refractivity contribution < 1.29 is 18.3 Å². The third-order valence-electron chi connectivity index (χ3n) is 3.44. The predicted octanol–water partition coefficient (Wildman–Crippen LogP) is 4.41. The van der Waals surface area contributed by atoms with Crippen LogP contribution >= 0.6 is 0 Å². The highest BCUT2D eigenvalue weighted by Crippen LogP contribution is 2.23. The summed E-state index contributed by atoms with van der Waals surface area (Å²) in [5.74, 6) is -1.05. The Bertz CT molecular complexity index is 714. The van der Waals surface area contributed by atoms with Gasteiger partial charge in [0.15, 0.2) is 6.61 Å². The van der Waals surface area contributed by atoms with Crippen molar-refractivity contribution in [3.63, 3.8) is 0 Å². The molecule has 1 N–H and O–H groups in total. The third kappa shape index (κ3) is 4.52. The molecular formula is C18H19F2NO2. The Kier molecular flexibility index (Phi) is 5.32. The molecule has 1 amide bonds. The van der Waals surface area contributed by atoms with Crippen LogP contribution in [0.2, 0.25) is 0 Å². The van der Waals surface area contributed by atoms with E-state index in [0.717, 1.165) is 11.6 Å². The summed E-state index contributed by atoms with van der Waals surface area (Å²) in [6.07, 6.45) is 0. The van der Waals surface area contributed by atoms with Crippen LogP contribution in [0.25, 0.3) is 0 Å². The van der Waals surface area contributed by atoms with Gasteiger partial charge in [0, 0.05) is 6.07 Å². The van der Waals surface area contributed by atoms with Crippen molar-refractivity contribution in [2.75, 3.05) is 11.9 Å². The maximum Gasteiger partial charge on any atom is 0.262 e. The van der Waals surface area contributed by atoms with Gasteiger partial charge in [-0.15, -0.1) is 0 Å². The van der Waals surface area contributed by atoms with E-state index in [9.17, 15) is 13.6 Å². The quantitative estimate of drug-likeness (QED) is 0.886. The third-order valence-corrected chi connectivity index (χ3v) is 3.44. The van der Waals surface area contributed by atoms with Crippen molar-refractivity contribution >= 4 is 11.6 Å². The van der Waals surface area contributed by atoms with E-state index in [2.05, 4.69) is 19.2 Å². The molecule has 0 aromatic heterocycles. The molecule has 23 heavy (non-hydrogen) atoms. The van der Waals surface area contributed by atoms with Crippen LogP contribution in [0, 0.1) is 18.6 Å². The summed E-state index contributed by atoms with van der Waals surface area (Å²) in [7, 11) is 0. The van der Waals surface area contributed by atoms with Gasteiger partial charge in [-0.1, -0.05) is 19.9 Å². The Morgan fingerprint density at radius 1 is 1.17 bits per heavy atom. The normalized spacial score (nSPS) is 10.7. The van der Waals surface area contributed by atoms with Gasteiger partial charge in [0.1, 0.15) is 17.4 Å². The zero-order valence-electron chi connectivity index (χ0n) is 13.3. The predicted molar refractivity (Wildman–Crippen MR) is 85.8 cm³/mol. The van der Waals surface area contributed by atoms with Crippen LogP contribution in [0.1, 0.15) is 30.9 Å². The molecule has 0 unspecified atom stereocenters. The van der Waals surface area contributed by atoms with Gasteiger partial charge in [-0.05, 0) is 48.2 Å². The van der Waals surface area contributed by atoms with Crippen LogP contribution in [0.15, 0.2) is 36.4 Å².